The van der Waals surface area contributed by atoms with Crippen LogP contribution in [-0.2, 0) is 40.1 Å². The lowest BCUT2D eigenvalue weighted by atomic mass is 9.84. The molecule has 23 heteroatoms. The Labute approximate surface area is 267 Å². The Bertz CT molecular complexity index is 1710. The molecule has 0 aliphatic carbocycles. The van der Waals surface area contributed by atoms with Crippen LogP contribution in [-0.4, -0.2) is 101 Å². The highest BCUT2D eigenvalue weighted by Crippen LogP contribution is 2.38. The lowest BCUT2D eigenvalue weighted by Gasteiger charge is -2.50. The highest BCUT2D eigenvalue weighted by molar-refractivity contribution is 7.80. The number of carboxylic acid groups (broad SMARTS) is 1. The maximum absolute atomic E-state index is 13.8. The molecule has 8 N–H and O–H groups in total. The van der Waals surface area contributed by atoms with Crippen LogP contribution < -0.4 is 26.8 Å². The number of aromatic nitrogens is 1. The number of alkyl halides is 3. The minimum absolute atomic E-state index is 0.0503. The number of benzene rings is 1. The zero-order valence-electron chi connectivity index (χ0n) is 24.2. The molecule has 0 radical (unpaired) electrons. The fraction of sp³-hybridized carbons (Fsp3) is 0.417. The SMILES string of the molecule is CC1(C)[C@H](NC(=O)/C(=N\OC(COc2ccc(C(N)=NC3CNC3)cc2)C(=O)O)c2nc(N)sc2C(F)(F)F)C(=O)N1OS(=O)(=O)O. The lowest BCUT2D eigenvalue weighted by molar-refractivity contribution is -0.218. The van der Waals surface area contributed by atoms with Crippen molar-refractivity contribution in [3.05, 3.63) is 40.4 Å². The highest BCUT2D eigenvalue weighted by atomic mass is 32.3. The number of thiazole rings is 1. The van der Waals surface area contributed by atoms with E-state index < -0.39 is 80.1 Å². The van der Waals surface area contributed by atoms with E-state index in [2.05, 4.69) is 30.0 Å². The molecule has 256 valence electrons. The lowest BCUT2D eigenvalue weighted by Crippen LogP contribution is -2.76. The van der Waals surface area contributed by atoms with Crippen LogP contribution in [0.1, 0.15) is 30.0 Å². The monoisotopic (exact) mass is 708 g/mol. The Balaban J connectivity index is 1.55. The average Bonchev–Trinajstić information content (AvgIpc) is 3.35. The molecule has 18 nitrogen and oxygen atoms in total. The van der Waals surface area contributed by atoms with Gasteiger partial charge in [-0.1, -0.05) is 16.5 Å². The Morgan fingerprint density at radius 1 is 1.28 bits per heavy atom. The van der Waals surface area contributed by atoms with Crippen LogP contribution >= 0.6 is 11.3 Å². The smallest absolute Gasteiger partial charge is 0.427 e. The normalized spacial score (nSPS) is 19.4. The van der Waals surface area contributed by atoms with Gasteiger partial charge >= 0.3 is 22.5 Å². The van der Waals surface area contributed by atoms with E-state index >= 15 is 0 Å². The Morgan fingerprint density at radius 3 is 2.43 bits per heavy atom. The summed E-state index contributed by atoms with van der Waals surface area (Å²) in [6, 6.07) is 4.46. The van der Waals surface area contributed by atoms with Crippen LogP contribution in [0.5, 0.6) is 5.75 Å². The van der Waals surface area contributed by atoms with Crippen molar-refractivity contribution in [2.75, 3.05) is 25.4 Å². The number of nitrogen functional groups attached to an aromatic ring is 1. The number of oxime groups is 1. The second-order valence-corrected chi connectivity index (χ2v) is 12.5. The van der Waals surface area contributed by atoms with Crippen LogP contribution in [0.2, 0.25) is 0 Å². The number of carbonyl (C=O) groups is 3. The molecule has 3 heterocycles. The number of carboxylic acids is 1. The summed E-state index contributed by atoms with van der Waals surface area (Å²) in [7, 11) is -5.16. The second kappa shape index (κ2) is 13.3. The molecule has 2 fully saturated rings. The molecule has 1 aromatic heterocycles. The van der Waals surface area contributed by atoms with Gasteiger partial charge in [0.25, 0.3) is 17.9 Å². The number of β-lactam (4-membered cyclic amide) rings is 1. The van der Waals surface area contributed by atoms with Gasteiger partial charge in [-0.15, -0.1) is 4.28 Å². The molecule has 1 aromatic carbocycles. The summed E-state index contributed by atoms with van der Waals surface area (Å²) >= 11 is -0.0543. The Kier molecular flexibility index (Phi) is 9.96. The van der Waals surface area contributed by atoms with Gasteiger partial charge < -0.3 is 36.8 Å². The summed E-state index contributed by atoms with van der Waals surface area (Å²) in [5, 5.41) is 17.7. The number of nitrogens with zero attached hydrogens (tertiary/aromatic N) is 4. The van der Waals surface area contributed by atoms with E-state index in [4.69, 9.17) is 25.6 Å². The molecular formula is C24H27F3N8O10S2. The van der Waals surface area contributed by atoms with Crippen LogP contribution in [0.25, 0.3) is 0 Å². The predicted molar refractivity (Wildman–Crippen MR) is 155 cm³/mol. The van der Waals surface area contributed by atoms with Crippen molar-refractivity contribution in [2.45, 2.75) is 43.8 Å². The van der Waals surface area contributed by atoms with E-state index in [1.165, 1.54) is 26.0 Å². The van der Waals surface area contributed by atoms with Gasteiger partial charge in [-0.3, -0.25) is 19.1 Å². The number of carbonyl (C=O) groups excluding carboxylic acids is 2. The van der Waals surface area contributed by atoms with E-state index in [0.29, 0.717) is 18.7 Å². The summed E-state index contributed by atoms with van der Waals surface area (Å²) in [6.45, 7) is 3.03. The summed E-state index contributed by atoms with van der Waals surface area (Å²) in [6.07, 6.45) is -7.09. The summed E-state index contributed by atoms with van der Waals surface area (Å²) < 4.78 is 82.1. The van der Waals surface area contributed by atoms with Crippen molar-refractivity contribution in [2.24, 2.45) is 15.9 Å². The van der Waals surface area contributed by atoms with Gasteiger partial charge in [-0.05, 0) is 38.1 Å². The van der Waals surface area contributed by atoms with Crippen LogP contribution in [0.3, 0.4) is 0 Å². The van der Waals surface area contributed by atoms with Crippen molar-refractivity contribution in [1.29, 1.82) is 0 Å². The summed E-state index contributed by atoms with van der Waals surface area (Å²) in [5.41, 5.74) is 7.98. The molecule has 2 aliphatic heterocycles. The minimum Gasteiger partial charge on any atom is -0.489 e. The number of hydrogen-bond acceptors (Lipinski definition) is 14. The summed E-state index contributed by atoms with van der Waals surface area (Å²) in [4.78, 5) is 48.9. The first kappa shape index (κ1) is 35.3. The van der Waals surface area contributed by atoms with Crippen molar-refractivity contribution in [3.63, 3.8) is 0 Å². The summed E-state index contributed by atoms with van der Waals surface area (Å²) in [5.74, 6) is -3.99. The van der Waals surface area contributed by atoms with Crippen molar-refractivity contribution in [1.82, 2.24) is 20.7 Å². The molecule has 47 heavy (non-hydrogen) atoms. The molecule has 4 rings (SSSR count). The number of aliphatic carboxylic acids is 1. The molecule has 1 unspecified atom stereocenters. The Morgan fingerprint density at radius 2 is 1.91 bits per heavy atom. The number of hydrogen-bond donors (Lipinski definition) is 6. The molecule has 2 saturated heterocycles. The number of ether oxygens (including phenoxy) is 1. The third-order valence-corrected chi connectivity index (χ3v) is 7.91. The minimum atomic E-state index is -5.16. The third kappa shape index (κ3) is 8.23. The van der Waals surface area contributed by atoms with Crippen molar-refractivity contribution >= 4 is 56.2 Å². The van der Waals surface area contributed by atoms with Crippen molar-refractivity contribution < 1.29 is 59.5 Å². The fourth-order valence-electron chi connectivity index (χ4n) is 4.09. The number of amides is 2. The number of nitrogens with one attached hydrogen (secondary N) is 2. The maximum Gasteiger partial charge on any atom is 0.427 e. The van der Waals surface area contributed by atoms with E-state index in [-0.39, 0.29) is 34.0 Å². The molecule has 0 spiro atoms. The predicted octanol–water partition coefficient (Wildman–Crippen LogP) is -0.486. The average molecular weight is 709 g/mol. The number of amidine groups is 1. The molecule has 2 amide bonds. The topological polar surface area (TPSA) is 270 Å². The molecule has 2 atom stereocenters. The number of aliphatic imine (C=N–C) groups is 1. The molecular weight excluding hydrogens is 681 g/mol. The van der Waals surface area contributed by atoms with Gasteiger partial charge in [-0.2, -0.15) is 26.7 Å². The fourth-order valence-corrected chi connectivity index (χ4v) is 5.25. The maximum atomic E-state index is 13.8. The van der Waals surface area contributed by atoms with E-state index in [1.54, 1.807) is 12.1 Å². The van der Waals surface area contributed by atoms with E-state index in [0.717, 1.165) is 0 Å². The van der Waals surface area contributed by atoms with Crippen LogP contribution in [0.4, 0.5) is 18.3 Å². The molecule has 2 aliphatic rings. The van der Waals surface area contributed by atoms with Crippen molar-refractivity contribution in [3.8, 4) is 5.75 Å². The van der Waals surface area contributed by atoms with Gasteiger partial charge in [0.2, 0.25) is 0 Å². The van der Waals surface area contributed by atoms with E-state index in [9.17, 15) is 41.1 Å². The largest absolute Gasteiger partial charge is 0.489 e. The second-order valence-electron chi connectivity index (χ2n) is 10.5. The first-order valence-corrected chi connectivity index (χ1v) is 15.4. The zero-order chi connectivity index (χ0) is 34.9. The van der Waals surface area contributed by atoms with Gasteiger partial charge in [0.05, 0.1) is 11.6 Å². The van der Waals surface area contributed by atoms with Gasteiger partial charge in [0.15, 0.2) is 10.8 Å². The number of anilines is 1. The standard InChI is InChI=1S/C24H27F3N8O10S2/c1-23(2)16(20(37)35(23)45-47(40,41)42)33-19(36)15(14-17(24(25,26)27)46-22(29)32-14)34-44-13(21(38)39)9-43-12-5-3-10(4-6-12)18(28)31-11-7-30-8-11/h3-6,11,13,16,30H,7-9H2,1-2H3,(H2,28,31)(H2,29,32)(H,33,36)(H,38,39)(H,40,41,42)/b34-15-/t13?,16-/m1/s1. The highest BCUT2D eigenvalue weighted by Gasteiger charge is 2.58. The van der Waals surface area contributed by atoms with Gasteiger partial charge in [-0.25, -0.2) is 9.78 Å². The molecule has 2 aromatic rings. The van der Waals surface area contributed by atoms with Gasteiger partial charge in [0.1, 0.15) is 34.8 Å². The van der Waals surface area contributed by atoms with Crippen LogP contribution in [0.15, 0.2) is 34.4 Å². The number of halogens is 3. The first-order valence-electron chi connectivity index (χ1n) is 13.2. The Hall–Kier alpha value is -4.58. The zero-order valence-corrected chi connectivity index (χ0v) is 25.9. The molecule has 0 saturated carbocycles. The van der Waals surface area contributed by atoms with E-state index in [1.807, 2.05) is 0 Å². The first-order chi connectivity index (χ1) is 21.8. The number of rotatable bonds is 13. The quantitative estimate of drug-likeness (QED) is 0.0504. The van der Waals surface area contributed by atoms with Crippen LogP contribution in [0, 0.1) is 0 Å². The third-order valence-electron chi connectivity index (χ3n) is 6.64. The number of hydroxylamine groups is 2. The number of nitrogens with two attached hydrogens (primary N) is 2. The molecule has 0 bridgehead atoms. The van der Waals surface area contributed by atoms with Gasteiger partial charge in [0, 0.05) is 18.7 Å².